The Bertz CT molecular complexity index is 3280. The molecule has 10 heterocycles. The number of aromatic nitrogens is 4. The fourth-order valence-electron chi connectivity index (χ4n) is 10.9. The van der Waals surface area contributed by atoms with Gasteiger partial charge in [-0.25, -0.2) is 4.98 Å². The number of pyridine rings is 2. The van der Waals surface area contributed by atoms with E-state index >= 15 is 0 Å². The third kappa shape index (κ3) is 12.4. The summed E-state index contributed by atoms with van der Waals surface area (Å²) in [4.78, 5) is 80.6. The molecule has 18 heteroatoms. The van der Waals surface area contributed by atoms with E-state index in [1.54, 1.807) is 34.9 Å². The zero-order valence-corrected chi connectivity index (χ0v) is 45.1. The van der Waals surface area contributed by atoms with Gasteiger partial charge in [-0.15, -0.1) is 22.7 Å². The highest BCUT2D eigenvalue weighted by Gasteiger charge is 2.32. The average molecular weight is 1070 g/mol. The van der Waals surface area contributed by atoms with Crippen LogP contribution in [0.5, 0.6) is 0 Å². The van der Waals surface area contributed by atoms with Crippen LogP contribution in [0.3, 0.4) is 0 Å². The first-order valence-electron chi connectivity index (χ1n) is 26.4. The van der Waals surface area contributed by atoms with Crippen molar-refractivity contribution in [2.24, 2.45) is 10.7 Å². The van der Waals surface area contributed by atoms with Gasteiger partial charge in [0.05, 0.1) is 38.7 Å². The van der Waals surface area contributed by atoms with E-state index in [4.69, 9.17) is 22.3 Å². The number of aliphatic imine (C=N–C) groups is 1. The molecular formula is C57H66ClN11O4S2. The molecule has 2 amide bonds. The lowest BCUT2D eigenvalue weighted by atomic mass is 10.00. The fraction of sp³-hybridized carbons (Fsp3) is 0.404. The molecule has 392 valence electrons. The number of nitrogens with two attached hydrogens (primary N) is 1. The zero-order valence-electron chi connectivity index (χ0n) is 42.8. The number of hydrogen-bond acceptors (Lipinski definition) is 12. The topological polar surface area (TPSA) is 192 Å². The van der Waals surface area contributed by atoms with E-state index in [-0.39, 0.29) is 29.0 Å². The van der Waals surface area contributed by atoms with Crippen molar-refractivity contribution in [1.82, 2.24) is 39.5 Å². The molecule has 0 aliphatic carbocycles. The van der Waals surface area contributed by atoms with Gasteiger partial charge in [-0.2, -0.15) is 0 Å². The maximum absolute atomic E-state index is 13.1. The summed E-state index contributed by atoms with van der Waals surface area (Å²) in [5.41, 5.74) is 14.5. The Morgan fingerprint density at radius 3 is 1.89 bits per heavy atom. The predicted octanol–water partition coefficient (Wildman–Crippen LogP) is 9.25. The Morgan fingerprint density at radius 1 is 0.707 bits per heavy atom. The van der Waals surface area contributed by atoms with Crippen molar-refractivity contribution in [3.05, 3.63) is 153 Å². The standard InChI is InChI=1S/C29H33N5O2S.C21H22ClN5O2.C7H11NS/c1-19(14-22-6-4-13-37-22)31-24-7-8-30-28(35)27(24)26-16-20-15-21-18-34(12-5-11-33-9-2-3-10-33)29(36)23(21)17-25(20)32-26;22-15-4-5-23-20(28)18(15)19-24-16-10-13-12-27(9-3-8-26-6-1-2-7-26)21(29)14(13)11-17(16)25-19;1-6(8)5-7-3-2-4-9-7/h4,6-8,13,15,17,19H,2-3,5,9-12,14,16,18H2,1H3,(H2,30,31,35);4-5,10-11H,1-3,6-9,12H2,(H,23,28)(H,24,25);2-4,6H,5,8H2,1H3/t19-;;6-/m0.0/s1. The highest BCUT2D eigenvalue weighted by molar-refractivity contribution is 7.10. The molecule has 2 saturated heterocycles. The second kappa shape index (κ2) is 23.8. The summed E-state index contributed by atoms with van der Waals surface area (Å²) in [6, 6.07) is 20.2. The first-order valence-corrected chi connectivity index (χ1v) is 28.5. The summed E-state index contributed by atoms with van der Waals surface area (Å²) in [7, 11) is 0. The number of rotatable bonds is 16. The molecule has 2 atom stereocenters. The van der Waals surface area contributed by atoms with E-state index in [1.165, 1.54) is 67.8 Å². The number of likely N-dealkylation sites (tertiary alicyclic amines) is 2. The largest absolute Gasteiger partial charge is 0.381 e. The van der Waals surface area contributed by atoms with E-state index in [0.717, 1.165) is 96.7 Å². The van der Waals surface area contributed by atoms with Crippen molar-refractivity contribution < 1.29 is 9.59 Å². The molecule has 2 fully saturated rings. The second-order valence-electron chi connectivity index (χ2n) is 20.5. The lowest BCUT2D eigenvalue weighted by molar-refractivity contribution is 0.0765. The minimum Gasteiger partial charge on any atom is -0.381 e. The maximum Gasteiger partial charge on any atom is 0.260 e. The Labute approximate surface area is 450 Å². The molecule has 0 unspecified atom stereocenters. The highest BCUT2D eigenvalue weighted by atomic mass is 35.5. The molecular weight excluding hydrogens is 1000 g/mol. The lowest BCUT2D eigenvalue weighted by Gasteiger charge is -2.19. The van der Waals surface area contributed by atoms with Crippen molar-refractivity contribution in [3.63, 3.8) is 0 Å². The average Bonchev–Trinajstić information content (AvgIpc) is 4.27. The molecule has 12 rings (SSSR count). The monoisotopic (exact) mass is 1070 g/mol. The van der Waals surface area contributed by atoms with Gasteiger partial charge in [0.1, 0.15) is 11.4 Å². The molecule has 0 spiro atoms. The number of fused-ring (bicyclic) bond motifs is 4. The number of nitrogens with zero attached hydrogens (tertiary/aromatic N) is 6. The molecule has 2 aromatic carbocycles. The van der Waals surface area contributed by atoms with Crippen LogP contribution in [0.2, 0.25) is 5.02 Å². The molecule has 5 aliphatic rings. The van der Waals surface area contributed by atoms with Crippen LogP contribution in [-0.4, -0.2) is 122 Å². The number of nitrogens with one attached hydrogen (secondary N) is 4. The van der Waals surface area contributed by atoms with Crippen LogP contribution in [0.4, 0.5) is 11.4 Å². The van der Waals surface area contributed by atoms with Crippen molar-refractivity contribution in [2.75, 3.05) is 57.7 Å². The van der Waals surface area contributed by atoms with E-state index in [1.807, 2.05) is 41.0 Å². The van der Waals surface area contributed by atoms with Gasteiger partial charge >= 0.3 is 0 Å². The Hall–Kier alpha value is -6.21. The number of carbonyl (C=O) groups excluding carboxylic acids is 2. The summed E-state index contributed by atoms with van der Waals surface area (Å²) in [5, 5.41) is 8.03. The number of halogens is 1. The lowest BCUT2D eigenvalue weighted by Crippen LogP contribution is -2.29. The van der Waals surface area contributed by atoms with Gasteiger partial charge in [0.2, 0.25) is 0 Å². The third-order valence-electron chi connectivity index (χ3n) is 14.6. The van der Waals surface area contributed by atoms with Crippen molar-refractivity contribution in [2.45, 2.75) is 96.8 Å². The van der Waals surface area contributed by atoms with Crippen molar-refractivity contribution in [3.8, 4) is 11.4 Å². The van der Waals surface area contributed by atoms with E-state index in [9.17, 15) is 19.2 Å². The Morgan fingerprint density at radius 2 is 1.29 bits per heavy atom. The van der Waals surface area contributed by atoms with Gasteiger partial charge in [0, 0.05) is 84.4 Å². The van der Waals surface area contributed by atoms with Gasteiger partial charge < -0.3 is 45.6 Å². The van der Waals surface area contributed by atoms with Crippen LogP contribution in [-0.2, 0) is 32.4 Å². The fourth-order valence-corrected chi connectivity index (χ4v) is 12.8. The number of thiophene rings is 2. The summed E-state index contributed by atoms with van der Waals surface area (Å²) < 4.78 is 0. The molecule has 0 saturated carbocycles. The van der Waals surface area contributed by atoms with E-state index < -0.39 is 0 Å². The molecule has 7 aromatic rings. The number of imidazole rings is 1. The molecule has 15 nitrogen and oxygen atoms in total. The second-order valence-corrected chi connectivity index (χ2v) is 22.9. The predicted molar refractivity (Wildman–Crippen MR) is 303 cm³/mol. The van der Waals surface area contributed by atoms with Gasteiger partial charge in [-0.05, 0) is 168 Å². The quantitative estimate of drug-likeness (QED) is 0.0628. The van der Waals surface area contributed by atoms with Crippen LogP contribution in [0.15, 0.2) is 98.4 Å². The van der Waals surface area contributed by atoms with Gasteiger partial charge in [-0.3, -0.25) is 24.2 Å². The summed E-state index contributed by atoms with van der Waals surface area (Å²) >= 11 is 9.70. The molecule has 5 aliphatic heterocycles. The number of carbonyl (C=O) groups is 2. The Kier molecular flexibility index (Phi) is 16.6. The van der Waals surface area contributed by atoms with E-state index in [2.05, 4.69) is 83.1 Å². The number of amides is 2. The van der Waals surface area contributed by atoms with Crippen LogP contribution < -0.4 is 22.2 Å². The smallest absolute Gasteiger partial charge is 0.260 e. The summed E-state index contributed by atoms with van der Waals surface area (Å²) in [6.07, 6.45) is 12.8. The number of anilines is 1. The molecule has 0 bridgehead atoms. The summed E-state index contributed by atoms with van der Waals surface area (Å²) in [5.74, 6) is 0.569. The highest BCUT2D eigenvalue weighted by Crippen LogP contribution is 2.36. The number of aromatic amines is 3. The van der Waals surface area contributed by atoms with Crippen LogP contribution >= 0.6 is 34.3 Å². The Balaban J connectivity index is 0.000000150. The van der Waals surface area contributed by atoms with Gasteiger partial charge in [-0.1, -0.05) is 29.8 Å². The first kappa shape index (κ1) is 52.2. The molecule has 6 N–H and O–H groups in total. The van der Waals surface area contributed by atoms with Crippen LogP contribution in [0.25, 0.3) is 22.4 Å². The molecule has 0 radical (unpaired) electrons. The van der Waals surface area contributed by atoms with Gasteiger partial charge in [0.25, 0.3) is 22.9 Å². The maximum atomic E-state index is 13.1. The number of H-pyrrole nitrogens is 3. The molecule has 75 heavy (non-hydrogen) atoms. The van der Waals surface area contributed by atoms with Crippen molar-refractivity contribution in [1.29, 1.82) is 0 Å². The summed E-state index contributed by atoms with van der Waals surface area (Å²) in [6.45, 7) is 13.9. The number of benzene rings is 2. The minimum atomic E-state index is -0.302. The molecule has 5 aromatic heterocycles. The van der Waals surface area contributed by atoms with Crippen molar-refractivity contribution >= 4 is 74.2 Å². The SMILES string of the molecule is C[C@@H](Cc1cccs1)Nc1cc[nH]c(=O)c1C1=Nc2cc3c(cc2C1)CN(CCCN1CCCC1)C3=O.C[C@H](N)Cc1cccs1.O=C1c2cc3nc(-c4c(Cl)cc[nH]c4=O)[nH]c3cc2CN1CCCN1CCCC1. The van der Waals surface area contributed by atoms with Gasteiger partial charge in [0.15, 0.2) is 0 Å². The van der Waals surface area contributed by atoms with Crippen LogP contribution in [0.1, 0.15) is 105 Å². The normalized spacial score (nSPS) is 16.9. The minimum absolute atomic E-state index is 0.0588. The first-order chi connectivity index (χ1) is 36.4. The van der Waals surface area contributed by atoms with E-state index in [0.29, 0.717) is 58.6 Å². The number of hydrogen-bond donors (Lipinski definition) is 5. The zero-order chi connectivity index (χ0) is 52.0. The van der Waals surface area contributed by atoms with Crippen LogP contribution in [0, 0.1) is 0 Å². The third-order valence-corrected chi connectivity index (χ3v) is 16.7.